The van der Waals surface area contributed by atoms with Crippen LogP contribution in [0.25, 0.3) is 0 Å². The zero-order chi connectivity index (χ0) is 27.3. The molecule has 2 aliphatic rings. The molecule has 0 spiro atoms. The van der Waals surface area contributed by atoms with Gasteiger partial charge in [-0.1, -0.05) is 58.4 Å². The standard InChI is InChI=1S/C28H20Cl2N2O5S2/c1-36-18-9-7-17(8-10-18)32-26(33)22-21(23-25(31-28(35)39-23)38-24(22)27(32)34)19-12-16(30)6-11-20(19)37-13-14-2-4-15(29)5-3-14/h2-12,21-22,24H,13H2,1H3,(H,31,35)/t21-,22-,24+/m0/s1. The number of amides is 2. The lowest BCUT2D eigenvalue weighted by molar-refractivity contribution is -0.122. The Hall–Kier alpha value is -3.24. The lowest BCUT2D eigenvalue weighted by Crippen LogP contribution is -2.32. The Morgan fingerprint density at radius 1 is 0.923 bits per heavy atom. The fourth-order valence-corrected chi connectivity index (χ4v) is 7.79. The summed E-state index contributed by atoms with van der Waals surface area (Å²) in [5, 5.41) is 0.923. The molecule has 2 amide bonds. The number of nitrogens with zero attached hydrogens (tertiary/aromatic N) is 1. The Bertz CT molecular complexity index is 1640. The first-order valence-electron chi connectivity index (χ1n) is 11.9. The lowest BCUT2D eigenvalue weighted by Gasteiger charge is -2.31. The molecule has 7 nitrogen and oxygen atoms in total. The number of halogens is 2. The van der Waals surface area contributed by atoms with Crippen LogP contribution in [0.1, 0.15) is 21.9 Å². The number of aromatic nitrogens is 1. The molecule has 0 bridgehead atoms. The summed E-state index contributed by atoms with van der Waals surface area (Å²) in [6, 6.07) is 19.3. The van der Waals surface area contributed by atoms with Gasteiger partial charge in [-0.25, -0.2) is 4.90 Å². The zero-order valence-electron chi connectivity index (χ0n) is 20.4. The number of anilines is 1. The predicted octanol–water partition coefficient (Wildman–Crippen LogP) is 6.13. The number of thiazole rings is 1. The first-order chi connectivity index (χ1) is 18.8. The molecule has 1 aromatic heterocycles. The number of nitrogens with one attached hydrogen (secondary N) is 1. The van der Waals surface area contributed by atoms with Crippen LogP contribution in [-0.2, 0) is 16.2 Å². The maximum Gasteiger partial charge on any atom is 0.305 e. The van der Waals surface area contributed by atoms with Crippen LogP contribution in [0.2, 0.25) is 10.0 Å². The second-order valence-corrected chi connectivity index (χ2v) is 12.1. The number of aromatic amines is 1. The quantitative estimate of drug-likeness (QED) is 0.269. The van der Waals surface area contributed by atoms with Crippen molar-refractivity contribution in [1.29, 1.82) is 0 Å². The van der Waals surface area contributed by atoms with Gasteiger partial charge in [0.05, 0.1) is 23.7 Å². The SMILES string of the molecule is COc1ccc(N2C(=O)[C@H]3[C@H](c4cc(Cl)ccc4OCc4ccc(Cl)cc4)c4sc(=O)[nH]c4S[C@H]3C2=O)cc1. The van der Waals surface area contributed by atoms with Gasteiger partial charge < -0.3 is 14.5 Å². The highest BCUT2D eigenvalue weighted by Crippen LogP contribution is 2.54. The molecule has 11 heteroatoms. The van der Waals surface area contributed by atoms with E-state index in [9.17, 15) is 14.4 Å². The maximum atomic E-state index is 14.0. The molecule has 0 saturated carbocycles. The number of fused-ring (bicyclic) bond motifs is 2. The van der Waals surface area contributed by atoms with E-state index in [2.05, 4.69) is 4.98 Å². The summed E-state index contributed by atoms with van der Waals surface area (Å²) < 4.78 is 11.5. The van der Waals surface area contributed by atoms with Crippen LogP contribution in [-0.4, -0.2) is 29.2 Å². The molecule has 6 rings (SSSR count). The highest BCUT2D eigenvalue weighted by atomic mass is 35.5. The van der Waals surface area contributed by atoms with Crippen molar-refractivity contribution >= 4 is 63.8 Å². The van der Waals surface area contributed by atoms with E-state index >= 15 is 0 Å². The molecule has 1 fully saturated rings. The van der Waals surface area contributed by atoms with E-state index in [1.54, 1.807) is 61.7 Å². The van der Waals surface area contributed by atoms with E-state index in [0.29, 0.717) is 42.7 Å². The zero-order valence-corrected chi connectivity index (χ0v) is 23.5. The average Bonchev–Trinajstić information content (AvgIpc) is 3.43. The number of rotatable bonds is 6. The third kappa shape index (κ3) is 4.74. The lowest BCUT2D eigenvalue weighted by atomic mass is 9.82. The second-order valence-electron chi connectivity index (χ2n) is 9.06. The molecule has 3 aromatic carbocycles. The number of carbonyl (C=O) groups excluding carboxylic acids is 2. The van der Waals surface area contributed by atoms with Crippen LogP contribution in [0.15, 0.2) is 76.6 Å². The Morgan fingerprint density at radius 3 is 2.36 bits per heavy atom. The molecular formula is C28H20Cl2N2O5S2. The van der Waals surface area contributed by atoms with Crippen molar-refractivity contribution in [3.05, 3.63) is 102 Å². The van der Waals surface area contributed by atoms with Crippen LogP contribution in [0.5, 0.6) is 11.5 Å². The number of imide groups is 1. The Balaban J connectivity index is 1.43. The maximum absolute atomic E-state index is 14.0. The van der Waals surface area contributed by atoms with Crippen molar-refractivity contribution in [3.63, 3.8) is 0 Å². The number of methoxy groups -OCH3 is 1. The monoisotopic (exact) mass is 598 g/mol. The largest absolute Gasteiger partial charge is 0.497 e. The molecule has 0 aliphatic carbocycles. The van der Waals surface area contributed by atoms with Crippen molar-refractivity contribution in [3.8, 4) is 11.5 Å². The van der Waals surface area contributed by atoms with Gasteiger partial charge in [0, 0.05) is 26.4 Å². The minimum atomic E-state index is -0.764. The second kappa shape index (κ2) is 10.4. The van der Waals surface area contributed by atoms with Crippen LogP contribution >= 0.6 is 46.3 Å². The van der Waals surface area contributed by atoms with Gasteiger partial charge in [-0.2, -0.15) is 0 Å². The van der Waals surface area contributed by atoms with E-state index < -0.39 is 17.1 Å². The van der Waals surface area contributed by atoms with Crippen LogP contribution in [0, 0.1) is 5.92 Å². The molecule has 198 valence electrons. The minimum Gasteiger partial charge on any atom is -0.497 e. The van der Waals surface area contributed by atoms with Crippen molar-refractivity contribution < 1.29 is 19.1 Å². The molecule has 1 N–H and O–H groups in total. The number of H-pyrrole nitrogens is 1. The first-order valence-corrected chi connectivity index (χ1v) is 14.4. The number of ether oxygens (including phenoxy) is 2. The van der Waals surface area contributed by atoms with Crippen molar-refractivity contribution in [2.75, 3.05) is 12.0 Å². The van der Waals surface area contributed by atoms with Crippen molar-refractivity contribution in [2.24, 2.45) is 5.92 Å². The molecule has 3 heterocycles. The normalized spacial score (nSPS) is 20.1. The third-order valence-electron chi connectivity index (χ3n) is 6.77. The van der Waals surface area contributed by atoms with Gasteiger partial charge in [-0.3, -0.25) is 14.4 Å². The molecule has 2 aliphatic heterocycles. The molecule has 0 radical (unpaired) electrons. The van der Waals surface area contributed by atoms with Gasteiger partial charge >= 0.3 is 4.87 Å². The smallest absolute Gasteiger partial charge is 0.305 e. The Kier molecular flexibility index (Phi) is 6.93. The van der Waals surface area contributed by atoms with E-state index in [-0.39, 0.29) is 23.3 Å². The molecule has 1 saturated heterocycles. The summed E-state index contributed by atoms with van der Waals surface area (Å²) in [7, 11) is 1.55. The summed E-state index contributed by atoms with van der Waals surface area (Å²) in [5.41, 5.74) is 2.00. The van der Waals surface area contributed by atoms with Gasteiger partial charge in [0.1, 0.15) is 23.4 Å². The highest BCUT2D eigenvalue weighted by Gasteiger charge is 2.56. The van der Waals surface area contributed by atoms with Gasteiger partial charge in [-0.15, -0.1) is 0 Å². The Morgan fingerprint density at radius 2 is 1.64 bits per heavy atom. The highest BCUT2D eigenvalue weighted by molar-refractivity contribution is 8.00. The van der Waals surface area contributed by atoms with E-state index in [0.717, 1.165) is 16.9 Å². The molecule has 39 heavy (non-hydrogen) atoms. The summed E-state index contributed by atoms with van der Waals surface area (Å²) in [6.45, 7) is 0.252. The molecular weight excluding hydrogens is 579 g/mol. The van der Waals surface area contributed by atoms with Crippen LogP contribution < -0.4 is 19.2 Å². The van der Waals surface area contributed by atoms with Crippen LogP contribution in [0.3, 0.4) is 0 Å². The fourth-order valence-electron chi connectivity index (χ4n) is 4.97. The van der Waals surface area contributed by atoms with E-state index in [1.165, 1.54) is 16.7 Å². The van der Waals surface area contributed by atoms with Gasteiger partial charge in [-0.05, 0) is 60.2 Å². The topological polar surface area (TPSA) is 88.7 Å². The van der Waals surface area contributed by atoms with Gasteiger partial charge in [0.15, 0.2) is 0 Å². The van der Waals surface area contributed by atoms with Crippen LogP contribution in [0.4, 0.5) is 5.69 Å². The number of carbonyl (C=O) groups is 2. The van der Waals surface area contributed by atoms with Gasteiger partial charge in [0.2, 0.25) is 11.8 Å². The van der Waals surface area contributed by atoms with E-state index in [4.69, 9.17) is 32.7 Å². The van der Waals surface area contributed by atoms with Crippen molar-refractivity contribution in [2.45, 2.75) is 22.8 Å². The summed E-state index contributed by atoms with van der Waals surface area (Å²) >= 11 is 14.7. The summed E-state index contributed by atoms with van der Waals surface area (Å²) in [5.74, 6) is -0.936. The Labute approximate surface area is 241 Å². The van der Waals surface area contributed by atoms with Crippen molar-refractivity contribution in [1.82, 2.24) is 4.98 Å². The van der Waals surface area contributed by atoms with E-state index in [1.807, 2.05) is 12.1 Å². The fraction of sp³-hybridized carbons (Fsp3) is 0.179. The number of thioether (sulfide) groups is 1. The molecule has 3 atom stereocenters. The minimum absolute atomic E-state index is 0.252. The summed E-state index contributed by atoms with van der Waals surface area (Å²) in [6.07, 6.45) is 0. The predicted molar refractivity (Wildman–Crippen MR) is 153 cm³/mol. The summed E-state index contributed by atoms with van der Waals surface area (Å²) in [4.78, 5) is 44.6. The number of benzene rings is 3. The van der Waals surface area contributed by atoms with Gasteiger partial charge in [0.25, 0.3) is 0 Å². The first kappa shape index (κ1) is 26.0. The number of hydrogen-bond donors (Lipinski definition) is 1. The molecule has 4 aromatic rings. The molecule has 0 unspecified atom stereocenters. The third-order valence-corrected chi connectivity index (χ3v) is 9.66. The number of hydrogen-bond acceptors (Lipinski definition) is 7. The average molecular weight is 600 g/mol.